The number of pyridine rings is 1. The summed E-state index contributed by atoms with van der Waals surface area (Å²) in [5, 5.41) is 3.35. The fourth-order valence-electron chi connectivity index (χ4n) is 1.89. The lowest BCUT2D eigenvalue weighted by atomic mass is 10.2. The number of anilines is 1. The first-order chi connectivity index (χ1) is 8.96. The highest BCUT2D eigenvalue weighted by Gasteiger charge is 2.27. The van der Waals surface area contributed by atoms with Gasteiger partial charge in [-0.3, -0.25) is 4.98 Å². The van der Waals surface area contributed by atoms with Crippen LogP contribution in [0, 0.1) is 0 Å². The van der Waals surface area contributed by atoms with Gasteiger partial charge < -0.3 is 10.2 Å². The van der Waals surface area contributed by atoms with E-state index in [2.05, 4.69) is 10.3 Å². The van der Waals surface area contributed by atoms with Gasteiger partial charge in [0.2, 0.25) is 0 Å². The van der Waals surface area contributed by atoms with Gasteiger partial charge in [0.05, 0.1) is 6.42 Å². The van der Waals surface area contributed by atoms with E-state index in [0.717, 1.165) is 11.3 Å². The average molecular weight is 273 g/mol. The molecule has 3 nitrogen and oxygen atoms in total. The molecule has 1 aromatic heterocycles. The highest BCUT2D eigenvalue weighted by atomic mass is 19.4. The van der Waals surface area contributed by atoms with Crippen molar-refractivity contribution in [3.8, 4) is 0 Å². The third kappa shape index (κ3) is 4.70. The molecule has 106 valence electrons. The Hall–Kier alpha value is -1.30. The molecular formula is C13H18F3N3. The summed E-state index contributed by atoms with van der Waals surface area (Å²) in [7, 11) is 1.68. The molecule has 1 fully saturated rings. The lowest BCUT2D eigenvalue weighted by molar-refractivity contribution is -0.132. The van der Waals surface area contributed by atoms with E-state index >= 15 is 0 Å². The Bertz CT molecular complexity index is 416. The van der Waals surface area contributed by atoms with Gasteiger partial charge in [0, 0.05) is 49.8 Å². The van der Waals surface area contributed by atoms with Crippen molar-refractivity contribution in [1.82, 2.24) is 10.3 Å². The molecule has 0 aliphatic heterocycles. The molecule has 1 saturated carbocycles. The molecule has 0 radical (unpaired) electrons. The Kier molecular flexibility index (Phi) is 4.29. The minimum absolute atomic E-state index is 0.0378. The van der Waals surface area contributed by atoms with Crippen molar-refractivity contribution in [3.63, 3.8) is 0 Å². The minimum Gasteiger partial charge on any atom is -0.374 e. The standard InChI is InChI=1S/C13H18F3N3/c1-19(7-5-13(14,15)16)12-4-6-17-8-10(12)9-18-11-2-3-11/h4,6,8,11,18H,2-3,5,7,9H2,1H3. The molecule has 2 rings (SSSR count). The van der Waals surface area contributed by atoms with Crippen molar-refractivity contribution in [3.05, 3.63) is 24.0 Å². The van der Waals surface area contributed by atoms with Crippen LogP contribution in [0.4, 0.5) is 18.9 Å². The van der Waals surface area contributed by atoms with Crippen LogP contribution < -0.4 is 10.2 Å². The Morgan fingerprint density at radius 2 is 2.16 bits per heavy atom. The van der Waals surface area contributed by atoms with E-state index in [4.69, 9.17) is 0 Å². The van der Waals surface area contributed by atoms with E-state index in [1.54, 1.807) is 30.4 Å². The molecular weight excluding hydrogens is 255 g/mol. The molecule has 1 aromatic rings. The first-order valence-electron chi connectivity index (χ1n) is 6.40. The van der Waals surface area contributed by atoms with E-state index in [-0.39, 0.29) is 6.54 Å². The van der Waals surface area contributed by atoms with E-state index in [0.29, 0.717) is 12.6 Å². The summed E-state index contributed by atoms with van der Waals surface area (Å²) in [6.07, 6.45) is 0.767. The van der Waals surface area contributed by atoms with Crippen molar-refractivity contribution in [2.24, 2.45) is 0 Å². The van der Waals surface area contributed by atoms with Crippen LogP contribution in [0.1, 0.15) is 24.8 Å². The maximum Gasteiger partial charge on any atom is 0.390 e. The fourth-order valence-corrected chi connectivity index (χ4v) is 1.89. The van der Waals surface area contributed by atoms with Crippen molar-refractivity contribution in [2.75, 3.05) is 18.5 Å². The van der Waals surface area contributed by atoms with Crippen LogP contribution in [0.5, 0.6) is 0 Å². The topological polar surface area (TPSA) is 28.2 Å². The monoisotopic (exact) mass is 273 g/mol. The Balaban J connectivity index is 1.96. The normalized spacial score (nSPS) is 15.6. The SMILES string of the molecule is CN(CCC(F)(F)F)c1ccncc1CNC1CC1. The zero-order valence-electron chi connectivity index (χ0n) is 10.9. The second-order valence-electron chi connectivity index (χ2n) is 4.95. The zero-order valence-corrected chi connectivity index (χ0v) is 10.9. The zero-order chi connectivity index (χ0) is 13.9. The predicted molar refractivity (Wildman–Crippen MR) is 68.0 cm³/mol. The van der Waals surface area contributed by atoms with Crippen molar-refractivity contribution >= 4 is 5.69 Å². The summed E-state index contributed by atoms with van der Waals surface area (Å²) >= 11 is 0. The molecule has 0 aromatic carbocycles. The highest BCUT2D eigenvalue weighted by molar-refractivity contribution is 5.51. The van der Waals surface area contributed by atoms with Crippen LogP contribution in [0.3, 0.4) is 0 Å². The predicted octanol–water partition coefficient (Wildman–Crippen LogP) is 2.72. The summed E-state index contributed by atoms with van der Waals surface area (Å²) in [5.41, 5.74) is 1.76. The molecule has 0 spiro atoms. The van der Waals surface area contributed by atoms with Gasteiger partial charge in [-0.15, -0.1) is 0 Å². The third-order valence-corrected chi connectivity index (χ3v) is 3.18. The maximum atomic E-state index is 12.2. The molecule has 0 amide bonds. The maximum absolute atomic E-state index is 12.2. The first-order valence-corrected chi connectivity index (χ1v) is 6.40. The van der Waals surface area contributed by atoms with Gasteiger partial charge in [-0.2, -0.15) is 13.2 Å². The largest absolute Gasteiger partial charge is 0.390 e. The number of aromatic nitrogens is 1. The number of nitrogens with one attached hydrogen (secondary N) is 1. The lowest BCUT2D eigenvalue weighted by Gasteiger charge is -2.23. The molecule has 0 saturated heterocycles. The van der Waals surface area contributed by atoms with Gasteiger partial charge >= 0.3 is 6.18 Å². The van der Waals surface area contributed by atoms with E-state index in [1.165, 1.54) is 12.8 Å². The molecule has 6 heteroatoms. The Morgan fingerprint density at radius 3 is 2.79 bits per heavy atom. The summed E-state index contributed by atoms with van der Waals surface area (Å²) in [6, 6.07) is 2.33. The summed E-state index contributed by atoms with van der Waals surface area (Å²) in [4.78, 5) is 5.68. The molecule has 0 unspecified atom stereocenters. The lowest BCUT2D eigenvalue weighted by Crippen LogP contribution is -2.26. The Morgan fingerprint density at radius 1 is 1.42 bits per heavy atom. The van der Waals surface area contributed by atoms with Gasteiger partial charge in [0.15, 0.2) is 0 Å². The number of hydrogen-bond acceptors (Lipinski definition) is 3. The van der Waals surface area contributed by atoms with E-state index in [9.17, 15) is 13.2 Å². The van der Waals surface area contributed by atoms with Gasteiger partial charge in [-0.05, 0) is 18.9 Å². The molecule has 1 N–H and O–H groups in total. The van der Waals surface area contributed by atoms with Crippen LogP contribution in [0.25, 0.3) is 0 Å². The van der Waals surface area contributed by atoms with E-state index < -0.39 is 12.6 Å². The second-order valence-corrected chi connectivity index (χ2v) is 4.95. The Labute approximate surface area is 110 Å². The van der Waals surface area contributed by atoms with Crippen LogP contribution >= 0.6 is 0 Å². The number of rotatable bonds is 6. The van der Waals surface area contributed by atoms with Gasteiger partial charge in [0.25, 0.3) is 0 Å². The van der Waals surface area contributed by atoms with Crippen LogP contribution in [-0.4, -0.2) is 30.8 Å². The number of hydrogen-bond donors (Lipinski definition) is 1. The molecule has 1 aliphatic rings. The van der Waals surface area contributed by atoms with Crippen molar-refractivity contribution in [2.45, 2.75) is 38.0 Å². The number of alkyl halides is 3. The molecule has 0 atom stereocenters. The quantitative estimate of drug-likeness (QED) is 0.863. The summed E-state index contributed by atoms with van der Waals surface area (Å²) in [6.45, 7) is 0.619. The third-order valence-electron chi connectivity index (χ3n) is 3.18. The van der Waals surface area contributed by atoms with Crippen molar-refractivity contribution < 1.29 is 13.2 Å². The number of halogens is 3. The van der Waals surface area contributed by atoms with E-state index in [1.807, 2.05) is 0 Å². The smallest absolute Gasteiger partial charge is 0.374 e. The minimum atomic E-state index is -4.12. The molecule has 1 aliphatic carbocycles. The number of nitrogens with zero attached hydrogens (tertiary/aromatic N) is 2. The second kappa shape index (κ2) is 5.77. The summed E-state index contributed by atoms with van der Waals surface area (Å²) < 4.78 is 36.7. The molecule has 19 heavy (non-hydrogen) atoms. The highest BCUT2D eigenvalue weighted by Crippen LogP contribution is 2.25. The van der Waals surface area contributed by atoms with Gasteiger partial charge in [0.1, 0.15) is 0 Å². The molecule has 1 heterocycles. The van der Waals surface area contributed by atoms with Gasteiger partial charge in [-0.25, -0.2) is 0 Å². The molecule has 0 bridgehead atoms. The van der Waals surface area contributed by atoms with Crippen LogP contribution in [-0.2, 0) is 6.54 Å². The summed E-state index contributed by atoms with van der Waals surface area (Å²) in [5.74, 6) is 0. The van der Waals surface area contributed by atoms with Gasteiger partial charge in [-0.1, -0.05) is 0 Å². The van der Waals surface area contributed by atoms with Crippen molar-refractivity contribution in [1.29, 1.82) is 0 Å². The van der Waals surface area contributed by atoms with Crippen LogP contribution in [0.2, 0.25) is 0 Å². The van der Waals surface area contributed by atoms with Crippen LogP contribution in [0.15, 0.2) is 18.5 Å². The average Bonchev–Trinajstić information content (AvgIpc) is 3.17. The fraction of sp³-hybridized carbons (Fsp3) is 0.615. The first kappa shape index (κ1) is 14.1.